The second-order valence-corrected chi connectivity index (χ2v) is 7.58. The van der Waals surface area contributed by atoms with Gasteiger partial charge in [0.1, 0.15) is 6.10 Å². The first-order valence-corrected chi connectivity index (χ1v) is 10.6. The van der Waals surface area contributed by atoms with Crippen LogP contribution in [-0.2, 0) is 9.53 Å². The molecular weight excluding hydrogens is 308 g/mol. The molecule has 0 bridgehead atoms. The first-order valence-electron chi connectivity index (χ1n) is 10.6. The normalized spacial score (nSPS) is 20.0. The standard InChI is InChI=1S/C23H36O2/c1-2-3-4-5-6-7-8-9-10-11-15-18-21-19-22(23(24)25-21)20-16-13-12-14-17-20/h12-14,16-17,21-22H,2-11,15,18-19H2,1H3/t21-,22-/m0/s1. The van der Waals surface area contributed by atoms with Gasteiger partial charge in [0.2, 0.25) is 0 Å². The molecule has 2 heteroatoms. The number of ether oxygens (including phenoxy) is 1. The number of carbonyl (C=O) groups is 1. The summed E-state index contributed by atoms with van der Waals surface area (Å²) in [5, 5.41) is 0. The predicted molar refractivity (Wildman–Crippen MR) is 105 cm³/mol. The summed E-state index contributed by atoms with van der Waals surface area (Å²) in [5.41, 5.74) is 1.11. The predicted octanol–water partition coefficient (Wildman–Crippen LogP) is 6.79. The highest BCUT2D eigenvalue weighted by molar-refractivity contribution is 5.80. The minimum absolute atomic E-state index is 0.0285. The lowest BCUT2D eigenvalue weighted by molar-refractivity contribution is -0.142. The Labute approximate surface area is 154 Å². The van der Waals surface area contributed by atoms with Gasteiger partial charge in [0.25, 0.3) is 0 Å². The van der Waals surface area contributed by atoms with Crippen molar-refractivity contribution < 1.29 is 9.53 Å². The van der Waals surface area contributed by atoms with Crippen LogP contribution in [0.3, 0.4) is 0 Å². The van der Waals surface area contributed by atoms with Crippen molar-refractivity contribution in [3.8, 4) is 0 Å². The number of carbonyl (C=O) groups excluding carboxylic acids is 1. The lowest BCUT2D eigenvalue weighted by Crippen LogP contribution is -2.06. The minimum Gasteiger partial charge on any atom is -0.462 e. The smallest absolute Gasteiger partial charge is 0.313 e. The van der Waals surface area contributed by atoms with Crippen LogP contribution in [0, 0.1) is 0 Å². The largest absolute Gasteiger partial charge is 0.462 e. The van der Waals surface area contributed by atoms with Crippen LogP contribution >= 0.6 is 0 Å². The average Bonchev–Trinajstić information content (AvgIpc) is 3.01. The Balaban J connectivity index is 1.47. The fourth-order valence-electron chi connectivity index (χ4n) is 3.82. The summed E-state index contributed by atoms with van der Waals surface area (Å²) in [6.07, 6.45) is 17.0. The molecular formula is C23H36O2. The van der Waals surface area contributed by atoms with E-state index in [9.17, 15) is 4.79 Å². The molecule has 2 atom stereocenters. The molecule has 1 aliphatic heterocycles. The van der Waals surface area contributed by atoms with Crippen LogP contribution in [-0.4, -0.2) is 12.1 Å². The summed E-state index contributed by atoms with van der Waals surface area (Å²) in [4.78, 5) is 12.1. The molecule has 2 rings (SSSR count). The molecule has 140 valence electrons. The van der Waals surface area contributed by atoms with E-state index in [1.807, 2.05) is 30.3 Å². The van der Waals surface area contributed by atoms with Crippen molar-refractivity contribution in [2.24, 2.45) is 0 Å². The fraction of sp³-hybridized carbons (Fsp3) is 0.696. The van der Waals surface area contributed by atoms with Crippen LogP contribution in [0.4, 0.5) is 0 Å². The Morgan fingerprint density at radius 2 is 1.40 bits per heavy atom. The number of unbranched alkanes of at least 4 members (excludes halogenated alkanes) is 10. The number of hydrogen-bond acceptors (Lipinski definition) is 2. The minimum atomic E-state index is -0.0427. The summed E-state index contributed by atoms with van der Waals surface area (Å²) in [6, 6.07) is 10.1. The van der Waals surface area contributed by atoms with Crippen LogP contribution in [0.15, 0.2) is 30.3 Å². The molecule has 0 N–H and O–H groups in total. The highest BCUT2D eigenvalue weighted by Gasteiger charge is 2.34. The molecule has 2 nitrogen and oxygen atoms in total. The monoisotopic (exact) mass is 344 g/mol. The van der Waals surface area contributed by atoms with Gasteiger partial charge in [0.05, 0.1) is 5.92 Å². The van der Waals surface area contributed by atoms with E-state index in [0.29, 0.717) is 0 Å². The average molecular weight is 345 g/mol. The topological polar surface area (TPSA) is 26.3 Å². The van der Waals surface area contributed by atoms with Crippen molar-refractivity contribution in [2.45, 2.75) is 102 Å². The molecule has 0 amide bonds. The van der Waals surface area contributed by atoms with Gasteiger partial charge in [-0.05, 0) is 18.4 Å². The number of hydrogen-bond donors (Lipinski definition) is 0. The first-order chi connectivity index (χ1) is 12.3. The number of esters is 1. The Morgan fingerprint density at radius 3 is 2.00 bits per heavy atom. The second-order valence-electron chi connectivity index (χ2n) is 7.58. The SMILES string of the molecule is CCCCCCCCCCCCC[C@H]1C[C@@H](c2ccccc2)C(=O)O1. The van der Waals surface area contributed by atoms with Gasteiger partial charge in [-0.3, -0.25) is 4.79 Å². The molecule has 1 saturated heterocycles. The van der Waals surface area contributed by atoms with Gasteiger partial charge in [-0.15, -0.1) is 0 Å². The number of cyclic esters (lactones) is 1. The quantitative estimate of drug-likeness (QED) is 0.291. The van der Waals surface area contributed by atoms with Gasteiger partial charge in [-0.25, -0.2) is 0 Å². The van der Waals surface area contributed by atoms with Crippen molar-refractivity contribution in [2.75, 3.05) is 0 Å². The third-order valence-corrected chi connectivity index (χ3v) is 5.40. The first kappa shape index (κ1) is 20.0. The van der Waals surface area contributed by atoms with Crippen LogP contribution in [0.5, 0.6) is 0 Å². The molecule has 1 fully saturated rings. The van der Waals surface area contributed by atoms with Crippen LogP contribution in [0.25, 0.3) is 0 Å². The molecule has 0 spiro atoms. The maximum absolute atomic E-state index is 12.1. The van der Waals surface area contributed by atoms with Gasteiger partial charge in [0.15, 0.2) is 0 Å². The van der Waals surface area contributed by atoms with Gasteiger partial charge in [-0.2, -0.15) is 0 Å². The van der Waals surface area contributed by atoms with E-state index in [4.69, 9.17) is 4.74 Å². The highest BCUT2D eigenvalue weighted by Crippen LogP contribution is 2.32. The van der Waals surface area contributed by atoms with Crippen molar-refractivity contribution in [1.29, 1.82) is 0 Å². The summed E-state index contributed by atoms with van der Waals surface area (Å²) >= 11 is 0. The van der Waals surface area contributed by atoms with E-state index in [1.165, 1.54) is 70.6 Å². The van der Waals surface area contributed by atoms with E-state index in [-0.39, 0.29) is 18.0 Å². The lowest BCUT2D eigenvalue weighted by Gasteiger charge is -2.08. The molecule has 1 aromatic rings. The van der Waals surface area contributed by atoms with Crippen molar-refractivity contribution in [1.82, 2.24) is 0 Å². The van der Waals surface area contributed by atoms with Gasteiger partial charge >= 0.3 is 5.97 Å². The summed E-state index contributed by atoms with van der Waals surface area (Å²) in [5.74, 6) is -0.0711. The van der Waals surface area contributed by atoms with Crippen LogP contribution in [0.2, 0.25) is 0 Å². The second kappa shape index (κ2) is 12.1. The van der Waals surface area contributed by atoms with Crippen molar-refractivity contribution in [3.63, 3.8) is 0 Å². The van der Waals surface area contributed by atoms with E-state index >= 15 is 0 Å². The van der Waals surface area contributed by atoms with Gasteiger partial charge in [-0.1, -0.05) is 101 Å². The lowest BCUT2D eigenvalue weighted by atomic mass is 9.94. The number of rotatable bonds is 13. The van der Waals surface area contributed by atoms with Crippen LogP contribution in [0.1, 0.15) is 102 Å². The summed E-state index contributed by atoms with van der Waals surface area (Å²) in [7, 11) is 0. The molecule has 25 heavy (non-hydrogen) atoms. The van der Waals surface area contributed by atoms with E-state index in [0.717, 1.165) is 18.4 Å². The Hall–Kier alpha value is -1.31. The molecule has 0 unspecified atom stereocenters. The maximum atomic E-state index is 12.1. The van der Waals surface area contributed by atoms with Crippen molar-refractivity contribution >= 4 is 5.97 Å². The van der Waals surface area contributed by atoms with Crippen LogP contribution < -0.4 is 0 Å². The van der Waals surface area contributed by atoms with E-state index < -0.39 is 0 Å². The fourth-order valence-corrected chi connectivity index (χ4v) is 3.82. The third kappa shape index (κ3) is 7.63. The summed E-state index contributed by atoms with van der Waals surface area (Å²) < 4.78 is 5.58. The molecule has 0 aromatic heterocycles. The molecule has 0 radical (unpaired) electrons. The zero-order valence-corrected chi connectivity index (χ0v) is 16.1. The number of benzene rings is 1. The van der Waals surface area contributed by atoms with E-state index in [2.05, 4.69) is 6.92 Å². The molecule has 1 aromatic carbocycles. The highest BCUT2D eigenvalue weighted by atomic mass is 16.5. The molecule has 0 saturated carbocycles. The van der Waals surface area contributed by atoms with Gasteiger partial charge in [0, 0.05) is 6.42 Å². The Morgan fingerprint density at radius 1 is 0.840 bits per heavy atom. The Kier molecular flexibility index (Phi) is 9.69. The Bertz CT molecular complexity index is 468. The zero-order valence-electron chi connectivity index (χ0n) is 16.1. The molecule has 0 aliphatic carbocycles. The third-order valence-electron chi connectivity index (χ3n) is 5.40. The molecule has 1 aliphatic rings. The summed E-state index contributed by atoms with van der Waals surface area (Å²) in [6.45, 7) is 2.27. The van der Waals surface area contributed by atoms with Crippen molar-refractivity contribution in [3.05, 3.63) is 35.9 Å². The zero-order chi connectivity index (χ0) is 17.7. The van der Waals surface area contributed by atoms with E-state index in [1.54, 1.807) is 0 Å². The van der Waals surface area contributed by atoms with Gasteiger partial charge < -0.3 is 4.74 Å². The molecule has 1 heterocycles. The maximum Gasteiger partial charge on any atom is 0.313 e.